The average molecular weight is 376 g/mol. The van der Waals surface area contributed by atoms with Crippen molar-refractivity contribution in [3.63, 3.8) is 0 Å². The first-order valence-electron chi connectivity index (χ1n) is 8.42. The zero-order valence-electron chi connectivity index (χ0n) is 15.1. The van der Waals surface area contributed by atoms with Gasteiger partial charge in [-0.2, -0.15) is 0 Å². The number of fused-ring (bicyclic) bond motifs is 1. The number of likely N-dealkylation sites (N-methyl/N-ethyl adjacent to an activating group) is 1. The Bertz CT molecular complexity index is 808. The summed E-state index contributed by atoms with van der Waals surface area (Å²) >= 11 is 6.01. The molecule has 2 aromatic rings. The Morgan fingerprint density at radius 2 is 1.96 bits per heavy atom. The van der Waals surface area contributed by atoms with Gasteiger partial charge in [-0.15, -0.1) is 0 Å². The smallest absolute Gasteiger partial charge is 0.263 e. The largest absolute Gasteiger partial charge is 0.493 e. The van der Waals surface area contributed by atoms with Gasteiger partial charge in [-0.3, -0.25) is 4.79 Å². The molecule has 138 valence electrons. The summed E-state index contributed by atoms with van der Waals surface area (Å²) in [6.07, 6.45) is 0.780. The minimum Gasteiger partial charge on any atom is -0.493 e. The van der Waals surface area contributed by atoms with Crippen molar-refractivity contribution in [3.8, 4) is 17.2 Å². The van der Waals surface area contributed by atoms with E-state index < -0.39 is 6.10 Å². The topological polar surface area (TPSA) is 48.0 Å². The van der Waals surface area contributed by atoms with Crippen molar-refractivity contribution in [3.05, 3.63) is 52.5 Å². The first-order valence-corrected chi connectivity index (χ1v) is 8.80. The molecule has 3 rings (SSSR count). The van der Waals surface area contributed by atoms with Crippen LogP contribution in [0, 0.1) is 0 Å². The highest BCUT2D eigenvalue weighted by Gasteiger charge is 2.31. The molecule has 0 bridgehead atoms. The van der Waals surface area contributed by atoms with E-state index in [2.05, 4.69) is 0 Å². The lowest BCUT2D eigenvalue weighted by molar-refractivity contribution is -0.136. The molecule has 0 radical (unpaired) electrons. The standard InChI is InChI=1S/C20H22ClNO4/c1-22(9-8-13-4-6-17(24-2)18(10-13)25-3)20(23)19-12-14-11-15(21)5-7-16(14)26-19/h4-7,10-11,19H,8-9,12H2,1-3H3. The first kappa shape index (κ1) is 18.4. The van der Waals surface area contributed by atoms with Crippen molar-refractivity contribution in [2.45, 2.75) is 18.9 Å². The molecule has 0 N–H and O–H groups in total. The molecule has 1 unspecified atom stereocenters. The van der Waals surface area contributed by atoms with Crippen LogP contribution in [0.4, 0.5) is 0 Å². The zero-order chi connectivity index (χ0) is 18.7. The fourth-order valence-electron chi connectivity index (χ4n) is 3.04. The van der Waals surface area contributed by atoms with Crippen LogP contribution in [0.15, 0.2) is 36.4 Å². The van der Waals surface area contributed by atoms with Crippen LogP contribution in [-0.4, -0.2) is 44.7 Å². The van der Waals surface area contributed by atoms with Crippen molar-refractivity contribution in [1.82, 2.24) is 4.90 Å². The number of rotatable bonds is 6. The number of nitrogens with zero attached hydrogens (tertiary/aromatic N) is 1. The normalized spacial score (nSPS) is 15.2. The van der Waals surface area contributed by atoms with Crippen LogP contribution in [-0.2, 0) is 17.6 Å². The fourth-order valence-corrected chi connectivity index (χ4v) is 3.24. The Balaban J connectivity index is 1.59. The Morgan fingerprint density at radius 1 is 1.19 bits per heavy atom. The molecule has 0 saturated carbocycles. The maximum Gasteiger partial charge on any atom is 0.263 e. The van der Waals surface area contributed by atoms with Gasteiger partial charge in [-0.1, -0.05) is 17.7 Å². The van der Waals surface area contributed by atoms with Gasteiger partial charge < -0.3 is 19.1 Å². The van der Waals surface area contributed by atoms with Crippen LogP contribution in [0.2, 0.25) is 5.02 Å². The van der Waals surface area contributed by atoms with Crippen molar-refractivity contribution in [2.75, 3.05) is 27.8 Å². The van der Waals surface area contributed by atoms with E-state index in [9.17, 15) is 4.79 Å². The monoisotopic (exact) mass is 375 g/mol. The number of carbonyl (C=O) groups excluding carboxylic acids is 1. The Kier molecular flexibility index (Phi) is 5.57. The van der Waals surface area contributed by atoms with E-state index in [1.807, 2.05) is 30.3 Å². The SMILES string of the molecule is COc1ccc(CCN(C)C(=O)C2Cc3cc(Cl)ccc3O2)cc1OC. The summed E-state index contributed by atoms with van der Waals surface area (Å²) in [7, 11) is 5.01. The molecule has 2 aromatic carbocycles. The predicted molar refractivity (Wildman–Crippen MR) is 100 cm³/mol. The van der Waals surface area contributed by atoms with Crippen LogP contribution in [0.1, 0.15) is 11.1 Å². The number of hydrogen-bond donors (Lipinski definition) is 0. The highest BCUT2D eigenvalue weighted by molar-refractivity contribution is 6.30. The minimum absolute atomic E-state index is 0.0298. The lowest BCUT2D eigenvalue weighted by Gasteiger charge is -2.21. The molecule has 1 amide bonds. The van der Waals surface area contributed by atoms with Crippen LogP contribution >= 0.6 is 11.6 Å². The van der Waals surface area contributed by atoms with E-state index in [1.54, 1.807) is 32.2 Å². The van der Waals surface area contributed by atoms with Crippen LogP contribution in [0.5, 0.6) is 17.2 Å². The molecule has 0 aromatic heterocycles. The van der Waals surface area contributed by atoms with Crippen LogP contribution in [0.3, 0.4) is 0 Å². The molecule has 1 atom stereocenters. The third kappa shape index (κ3) is 3.88. The summed E-state index contributed by atoms with van der Waals surface area (Å²) in [6.45, 7) is 0.589. The van der Waals surface area contributed by atoms with Crippen LogP contribution < -0.4 is 14.2 Å². The second-order valence-electron chi connectivity index (χ2n) is 6.26. The summed E-state index contributed by atoms with van der Waals surface area (Å²) in [5.41, 5.74) is 2.05. The van der Waals surface area contributed by atoms with Gasteiger partial charge in [0.15, 0.2) is 17.6 Å². The Hall–Kier alpha value is -2.40. The second-order valence-corrected chi connectivity index (χ2v) is 6.70. The third-order valence-electron chi connectivity index (χ3n) is 4.53. The maximum atomic E-state index is 12.7. The molecular weight excluding hydrogens is 354 g/mol. The minimum atomic E-state index is -0.487. The van der Waals surface area contributed by atoms with Gasteiger partial charge in [0.25, 0.3) is 5.91 Å². The lowest BCUT2D eigenvalue weighted by atomic mass is 10.1. The van der Waals surface area contributed by atoms with Gasteiger partial charge in [0.05, 0.1) is 14.2 Å². The third-order valence-corrected chi connectivity index (χ3v) is 4.77. The van der Waals surface area contributed by atoms with E-state index >= 15 is 0 Å². The zero-order valence-corrected chi connectivity index (χ0v) is 15.9. The Morgan fingerprint density at radius 3 is 2.69 bits per heavy atom. The number of methoxy groups -OCH3 is 2. The van der Waals surface area contributed by atoms with Crippen molar-refractivity contribution >= 4 is 17.5 Å². The molecule has 0 spiro atoms. The number of amides is 1. The highest BCUT2D eigenvalue weighted by Crippen LogP contribution is 2.32. The Labute approximate surface area is 158 Å². The van der Waals surface area contributed by atoms with Gasteiger partial charge >= 0.3 is 0 Å². The number of carbonyl (C=O) groups is 1. The molecular formula is C20H22ClNO4. The predicted octanol–water partition coefficient (Wildman–Crippen LogP) is 3.36. The summed E-state index contributed by atoms with van der Waals surface area (Å²) in [5, 5.41) is 0.655. The van der Waals surface area contributed by atoms with Crippen molar-refractivity contribution < 1.29 is 19.0 Å². The van der Waals surface area contributed by atoms with E-state index in [0.717, 1.165) is 16.9 Å². The molecule has 6 heteroatoms. The molecule has 1 heterocycles. The second kappa shape index (κ2) is 7.87. The summed E-state index contributed by atoms with van der Waals surface area (Å²) in [5.74, 6) is 2.08. The number of ether oxygens (including phenoxy) is 3. The van der Waals surface area contributed by atoms with Gasteiger partial charge in [-0.25, -0.2) is 0 Å². The van der Waals surface area contributed by atoms with Gasteiger partial charge in [0.2, 0.25) is 0 Å². The first-order chi connectivity index (χ1) is 12.5. The summed E-state index contributed by atoms with van der Waals surface area (Å²) in [4.78, 5) is 14.4. The van der Waals surface area contributed by atoms with E-state index in [1.165, 1.54) is 0 Å². The average Bonchev–Trinajstić information content (AvgIpc) is 3.08. The number of benzene rings is 2. The summed E-state index contributed by atoms with van der Waals surface area (Å²) in [6, 6.07) is 11.2. The molecule has 0 saturated heterocycles. The molecule has 1 aliphatic heterocycles. The van der Waals surface area contributed by atoms with Crippen molar-refractivity contribution in [2.24, 2.45) is 0 Å². The van der Waals surface area contributed by atoms with Crippen molar-refractivity contribution in [1.29, 1.82) is 0 Å². The molecule has 0 aliphatic carbocycles. The maximum absolute atomic E-state index is 12.7. The molecule has 5 nitrogen and oxygen atoms in total. The van der Waals surface area contributed by atoms with Gasteiger partial charge in [0, 0.05) is 25.0 Å². The number of hydrogen-bond acceptors (Lipinski definition) is 4. The van der Waals surface area contributed by atoms with E-state index in [4.69, 9.17) is 25.8 Å². The molecule has 26 heavy (non-hydrogen) atoms. The van der Waals surface area contributed by atoms with Gasteiger partial charge in [0.1, 0.15) is 5.75 Å². The van der Waals surface area contributed by atoms with E-state index in [-0.39, 0.29) is 5.91 Å². The van der Waals surface area contributed by atoms with Crippen LogP contribution in [0.25, 0.3) is 0 Å². The quantitative estimate of drug-likeness (QED) is 0.776. The highest BCUT2D eigenvalue weighted by atomic mass is 35.5. The molecule has 1 aliphatic rings. The fraction of sp³-hybridized carbons (Fsp3) is 0.350. The number of halogens is 1. The lowest BCUT2D eigenvalue weighted by Crippen LogP contribution is -2.39. The summed E-state index contributed by atoms with van der Waals surface area (Å²) < 4.78 is 16.3. The van der Waals surface area contributed by atoms with E-state index in [0.29, 0.717) is 35.9 Å². The van der Waals surface area contributed by atoms with Gasteiger partial charge in [-0.05, 0) is 47.9 Å². The molecule has 0 fully saturated rings.